The molecule has 0 saturated heterocycles. The third kappa shape index (κ3) is 4.13. The summed E-state index contributed by atoms with van der Waals surface area (Å²) in [5.41, 5.74) is 5.94. The largest absolute Gasteiger partial charge is 0.493 e. The smallest absolute Gasteiger partial charge is 0.184 e. The predicted octanol–water partition coefficient (Wildman–Crippen LogP) is 4.52. The van der Waals surface area contributed by atoms with Crippen molar-refractivity contribution >= 4 is 22.5 Å². The summed E-state index contributed by atoms with van der Waals surface area (Å²) in [6.45, 7) is 7.01. The van der Waals surface area contributed by atoms with Crippen molar-refractivity contribution in [3.05, 3.63) is 52.8 Å². The summed E-state index contributed by atoms with van der Waals surface area (Å²) in [4.78, 5) is 9.53. The fourth-order valence-corrected chi connectivity index (χ4v) is 3.95. The zero-order chi connectivity index (χ0) is 22.0. The molecule has 7 heteroatoms. The molecule has 0 spiro atoms. The molecule has 1 aromatic carbocycles. The van der Waals surface area contributed by atoms with Gasteiger partial charge in [-0.05, 0) is 56.0 Å². The summed E-state index contributed by atoms with van der Waals surface area (Å²) in [6.07, 6.45) is 2.80. The highest BCUT2D eigenvalue weighted by atomic mass is 16.5. The fourth-order valence-electron chi connectivity index (χ4n) is 3.95. The van der Waals surface area contributed by atoms with Crippen molar-refractivity contribution < 1.29 is 9.47 Å². The molecule has 0 saturated carbocycles. The van der Waals surface area contributed by atoms with E-state index in [1.54, 1.807) is 14.2 Å². The number of anilines is 1. The van der Waals surface area contributed by atoms with Crippen LogP contribution in [-0.4, -0.2) is 40.3 Å². The normalized spacial score (nSPS) is 11.3. The summed E-state index contributed by atoms with van der Waals surface area (Å²) >= 11 is 0. The molecular weight excluding hydrogens is 390 g/mol. The average Bonchev–Trinajstić information content (AvgIpc) is 3.12. The van der Waals surface area contributed by atoms with Crippen LogP contribution in [-0.2, 0) is 12.8 Å². The summed E-state index contributed by atoms with van der Waals surface area (Å²) in [6, 6.07) is 10.2. The van der Waals surface area contributed by atoms with E-state index in [0.717, 1.165) is 76.8 Å². The van der Waals surface area contributed by atoms with Crippen molar-refractivity contribution in [1.82, 2.24) is 19.6 Å². The van der Waals surface area contributed by atoms with Crippen molar-refractivity contribution in [3.63, 3.8) is 0 Å². The van der Waals surface area contributed by atoms with Crippen molar-refractivity contribution in [3.8, 4) is 11.5 Å². The number of aromatic nitrogens is 4. The Labute approximate surface area is 182 Å². The maximum atomic E-state index is 5.42. The van der Waals surface area contributed by atoms with Gasteiger partial charge in [0.15, 0.2) is 22.8 Å². The number of ether oxygens (including phenoxy) is 2. The van der Waals surface area contributed by atoms with Gasteiger partial charge in [0.1, 0.15) is 5.82 Å². The first kappa shape index (κ1) is 20.9. The van der Waals surface area contributed by atoms with Crippen LogP contribution in [0.25, 0.3) is 16.7 Å². The number of methoxy groups -OCH3 is 2. The molecular formula is C24H29N5O2. The molecule has 1 N–H and O–H groups in total. The molecule has 0 unspecified atom stereocenters. The molecule has 0 bridgehead atoms. The summed E-state index contributed by atoms with van der Waals surface area (Å²) in [5, 5.41) is 9.33. The lowest BCUT2D eigenvalue weighted by Gasteiger charge is -2.12. The van der Waals surface area contributed by atoms with Crippen molar-refractivity contribution in [2.24, 2.45) is 0 Å². The zero-order valence-corrected chi connectivity index (χ0v) is 18.8. The van der Waals surface area contributed by atoms with Crippen LogP contribution in [0.5, 0.6) is 11.5 Å². The van der Waals surface area contributed by atoms with Crippen molar-refractivity contribution in [1.29, 1.82) is 0 Å². The number of nitrogens with zero attached hydrogens (tertiary/aromatic N) is 4. The number of rotatable bonds is 8. The van der Waals surface area contributed by atoms with Crippen molar-refractivity contribution in [2.45, 2.75) is 40.0 Å². The van der Waals surface area contributed by atoms with Crippen LogP contribution in [0.3, 0.4) is 0 Å². The Bertz CT molecular complexity index is 1230. The molecule has 0 amide bonds. The van der Waals surface area contributed by atoms with E-state index in [9.17, 15) is 0 Å². The van der Waals surface area contributed by atoms with Crippen LogP contribution in [0.2, 0.25) is 0 Å². The monoisotopic (exact) mass is 419 g/mol. The topological polar surface area (TPSA) is 73.6 Å². The first-order chi connectivity index (χ1) is 15.0. The molecule has 162 valence electrons. The fraction of sp³-hybridized carbons (Fsp3) is 0.375. The Morgan fingerprint density at radius 2 is 1.77 bits per heavy atom. The SMILES string of the molecule is CCCc1cc(NCCc2ccc(OC)c(OC)c2)n2nc3nc(C)cc(C)c3c2n1. The number of hydrogen-bond donors (Lipinski definition) is 1. The second-order valence-electron chi connectivity index (χ2n) is 7.76. The third-order valence-electron chi connectivity index (χ3n) is 5.40. The van der Waals surface area contributed by atoms with Gasteiger partial charge in [0.05, 0.1) is 19.6 Å². The number of pyridine rings is 1. The van der Waals surface area contributed by atoms with Gasteiger partial charge in [-0.3, -0.25) is 0 Å². The van der Waals surface area contributed by atoms with E-state index in [0.29, 0.717) is 0 Å². The van der Waals surface area contributed by atoms with E-state index in [4.69, 9.17) is 19.6 Å². The van der Waals surface area contributed by atoms with Gasteiger partial charge < -0.3 is 14.8 Å². The highest BCUT2D eigenvalue weighted by molar-refractivity contribution is 5.93. The molecule has 3 aromatic heterocycles. The lowest BCUT2D eigenvalue weighted by molar-refractivity contribution is 0.354. The van der Waals surface area contributed by atoms with Crippen molar-refractivity contribution in [2.75, 3.05) is 26.1 Å². The van der Waals surface area contributed by atoms with E-state index in [-0.39, 0.29) is 0 Å². The van der Waals surface area contributed by atoms with Crippen LogP contribution in [0.1, 0.15) is 35.9 Å². The van der Waals surface area contributed by atoms with Crippen LogP contribution in [0.4, 0.5) is 5.82 Å². The summed E-state index contributed by atoms with van der Waals surface area (Å²) in [7, 11) is 3.30. The molecule has 0 aliphatic rings. The maximum Gasteiger partial charge on any atom is 0.184 e. The standard InChI is InChI=1S/C24H29N5O2/c1-6-7-18-14-21(25-11-10-17-8-9-19(30-4)20(13-17)31-5)29-24(27-18)22-15(2)12-16(3)26-23(22)28-29/h8-9,12-14,25H,6-7,10-11H2,1-5H3. The number of benzene rings is 1. The number of hydrogen-bond acceptors (Lipinski definition) is 6. The molecule has 31 heavy (non-hydrogen) atoms. The second kappa shape index (κ2) is 8.79. The molecule has 4 aromatic rings. The quantitative estimate of drug-likeness (QED) is 0.453. The van der Waals surface area contributed by atoms with Gasteiger partial charge >= 0.3 is 0 Å². The molecule has 0 aliphatic heterocycles. The third-order valence-corrected chi connectivity index (χ3v) is 5.40. The Balaban J connectivity index is 1.66. The molecule has 0 atom stereocenters. The first-order valence-corrected chi connectivity index (χ1v) is 10.7. The van der Waals surface area contributed by atoms with Gasteiger partial charge in [0, 0.05) is 24.0 Å². The summed E-state index contributed by atoms with van der Waals surface area (Å²) < 4.78 is 12.6. The van der Waals surface area contributed by atoms with Gasteiger partial charge in [-0.2, -0.15) is 4.52 Å². The summed E-state index contributed by atoms with van der Waals surface area (Å²) in [5.74, 6) is 2.41. The molecule has 0 fully saturated rings. The zero-order valence-electron chi connectivity index (χ0n) is 18.8. The van der Waals surface area contributed by atoms with Crippen LogP contribution in [0.15, 0.2) is 30.3 Å². The Morgan fingerprint density at radius 3 is 2.52 bits per heavy atom. The van der Waals surface area contributed by atoms with E-state index in [1.807, 2.05) is 23.6 Å². The number of nitrogens with one attached hydrogen (secondary N) is 1. The van der Waals surface area contributed by atoms with E-state index >= 15 is 0 Å². The molecule has 0 radical (unpaired) electrons. The van der Waals surface area contributed by atoms with Crippen LogP contribution >= 0.6 is 0 Å². The minimum Gasteiger partial charge on any atom is -0.493 e. The van der Waals surface area contributed by atoms with E-state index < -0.39 is 0 Å². The van der Waals surface area contributed by atoms with Gasteiger partial charge in [0.2, 0.25) is 0 Å². The minimum atomic E-state index is 0.737. The predicted molar refractivity (Wildman–Crippen MR) is 123 cm³/mol. The molecule has 3 heterocycles. The molecule has 4 rings (SSSR count). The number of aryl methyl sites for hydroxylation is 3. The van der Waals surface area contributed by atoms with Gasteiger partial charge in [-0.1, -0.05) is 19.4 Å². The number of fused-ring (bicyclic) bond motifs is 3. The highest BCUT2D eigenvalue weighted by Gasteiger charge is 2.15. The maximum absolute atomic E-state index is 5.42. The van der Waals surface area contributed by atoms with E-state index in [2.05, 4.69) is 42.3 Å². The first-order valence-electron chi connectivity index (χ1n) is 10.7. The Hall–Kier alpha value is -3.35. The second-order valence-corrected chi connectivity index (χ2v) is 7.76. The van der Waals surface area contributed by atoms with Gasteiger partial charge in [-0.25, -0.2) is 9.97 Å². The molecule has 7 nitrogen and oxygen atoms in total. The Kier molecular flexibility index (Phi) is 5.93. The Morgan fingerprint density at radius 1 is 0.968 bits per heavy atom. The minimum absolute atomic E-state index is 0.737. The average molecular weight is 420 g/mol. The lowest BCUT2D eigenvalue weighted by atomic mass is 10.1. The van der Waals surface area contributed by atoms with Gasteiger partial charge in [0.25, 0.3) is 0 Å². The van der Waals surface area contributed by atoms with Crippen LogP contribution in [0, 0.1) is 13.8 Å². The lowest BCUT2D eigenvalue weighted by Crippen LogP contribution is -2.11. The van der Waals surface area contributed by atoms with Gasteiger partial charge in [-0.15, -0.1) is 5.10 Å². The highest BCUT2D eigenvalue weighted by Crippen LogP contribution is 2.28. The van der Waals surface area contributed by atoms with Crippen LogP contribution < -0.4 is 14.8 Å². The van der Waals surface area contributed by atoms with E-state index in [1.165, 1.54) is 5.56 Å². The molecule has 0 aliphatic carbocycles.